The minimum Gasteiger partial charge on any atom is -0.508 e. The molecule has 0 amide bonds. The van der Waals surface area contributed by atoms with Gasteiger partial charge in [0.2, 0.25) is 0 Å². The Balaban J connectivity index is 2.08. The van der Waals surface area contributed by atoms with Crippen LogP contribution in [0.2, 0.25) is 5.02 Å². The molecule has 0 aliphatic carbocycles. The van der Waals surface area contributed by atoms with E-state index < -0.39 is 5.97 Å². The molecule has 5 heteroatoms. The lowest BCUT2D eigenvalue weighted by Gasteiger charge is -2.07. The minimum absolute atomic E-state index is 0.00939. The van der Waals surface area contributed by atoms with Gasteiger partial charge >= 0.3 is 5.97 Å². The first-order chi connectivity index (χ1) is 9.08. The highest BCUT2D eigenvalue weighted by Crippen LogP contribution is 2.24. The van der Waals surface area contributed by atoms with Crippen molar-refractivity contribution in [3.63, 3.8) is 0 Å². The number of hydrogen-bond donors (Lipinski definition) is 2. The van der Waals surface area contributed by atoms with Crippen LogP contribution in [0.25, 0.3) is 0 Å². The van der Waals surface area contributed by atoms with Crippen molar-refractivity contribution >= 4 is 17.6 Å². The largest absolute Gasteiger partial charge is 0.508 e. The fourth-order valence-electron chi connectivity index (χ4n) is 1.53. The quantitative estimate of drug-likeness (QED) is 0.847. The Bertz CT molecular complexity index is 610. The van der Waals surface area contributed by atoms with Crippen molar-refractivity contribution in [2.45, 2.75) is 6.61 Å². The fraction of sp³-hybridized carbons (Fsp3) is 0.0714. The van der Waals surface area contributed by atoms with E-state index in [4.69, 9.17) is 21.4 Å². The van der Waals surface area contributed by atoms with Gasteiger partial charge < -0.3 is 14.9 Å². The van der Waals surface area contributed by atoms with Crippen molar-refractivity contribution in [3.05, 3.63) is 58.6 Å². The van der Waals surface area contributed by atoms with Crippen molar-refractivity contribution in [1.82, 2.24) is 0 Å². The van der Waals surface area contributed by atoms with Crippen LogP contribution in [-0.4, -0.2) is 16.2 Å². The van der Waals surface area contributed by atoms with Gasteiger partial charge in [0, 0.05) is 16.7 Å². The summed E-state index contributed by atoms with van der Waals surface area (Å²) in [6, 6.07) is 10.7. The van der Waals surface area contributed by atoms with Gasteiger partial charge in [-0.05, 0) is 18.2 Å². The Kier molecular flexibility index (Phi) is 3.92. The highest BCUT2D eigenvalue weighted by molar-refractivity contribution is 6.31. The van der Waals surface area contributed by atoms with Gasteiger partial charge in [-0.15, -0.1) is 0 Å². The number of rotatable bonds is 3. The van der Waals surface area contributed by atoms with Crippen molar-refractivity contribution in [2.75, 3.05) is 0 Å². The minimum atomic E-state index is -0.683. The van der Waals surface area contributed by atoms with E-state index >= 15 is 0 Å². The zero-order chi connectivity index (χ0) is 13.8. The third-order valence-corrected chi connectivity index (χ3v) is 2.89. The number of carbonyl (C=O) groups is 1. The third kappa shape index (κ3) is 3.17. The van der Waals surface area contributed by atoms with Crippen LogP contribution < -0.4 is 0 Å². The topological polar surface area (TPSA) is 66.8 Å². The van der Waals surface area contributed by atoms with Crippen molar-refractivity contribution in [2.24, 2.45) is 0 Å². The summed E-state index contributed by atoms with van der Waals surface area (Å²) in [5.41, 5.74) is 0.667. The molecule has 2 N–H and O–H groups in total. The van der Waals surface area contributed by atoms with Gasteiger partial charge in [-0.1, -0.05) is 29.8 Å². The molecule has 2 aromatic rings. The number of aromatic hydroxyl groups is 2. The molecule has 2 aromatic carbocycles. The molecule has 0 saturated carbocycles. The molecule has 0 atom stereocenters. The highest BCUT2D eigenvalue weighted by atomic mass is 35.5. The zero-order valence-corrected chi connectivity index (χ0v) is 10.6. The monoisotopic (exact) mass is 278 g/mol. The Morgan fingerprint density at radius 2 is 1.89 bits per heavy atom. The van der Waals surface area contributed by atoms with Crippen LogP contribution in [0.4, 0.5) is 0 Å². The first-order valence-corrected chi connectivity index (χ1v) is 5.88. The molecular weight excluding hydrogens is 268 g/mol. The van der Waals surface area contributed by atoms with E-state index in [1.807, 2.05) is 0 Å². The smallest absolute Gasteiger partial charge is 0.342 e. The van der Waals surface area contributed by atoms with Crippen LogP contribution in [0.5, 0.6) is 11.5 Å². The number of phenolic OH excluding ortho intramolecular Hbond substituents is 2. The maximum atomic E-state index is 11.8. The molecule has 0 unspecified atom stereocenters. The zero-order valence-electron chi connectivity index (χ0n) is 9.84. The van der Waals surface area contributed by atoms with Gasteiger partial charge in [0.15, 0.2) is 0 Å². The number of hydrogen-bond acceptors (Lipinski definition) is 4. The summed E-state index contributed by atoms with van der Waals surface area (Å²) in [6.45, 7) is 0.0127. The Hall–Kier alpha value is -2.20. The van der Waals surface area contributed by atoms with Crippen LogP contribution in [-0.2, 0) is 11.3 Å². The van der Waals surface area contributed by atoms with Gasteiger partial charge in [0.05, 0.1) is 0 Å². The molecule has 0 radical (unpaired) electrons. The maximum absolute atomic E-state index is 11.8. The predicted molar refractivity (Wildman–Crippen MR) is 70.3 cm³/mol. The number of benzene rings is 2. The summed E-state index contributed by atoms with van der Waals surface area (Å²) in [7, 11) is 0. The molecule has 0 spiro atoms. The second-order valence-electron chi connectivity index (χ2n) is 3.87. The first-order valence-electron chi connectivity index (χ1n) is 5.50. The maximum Gasteiger partial charge on any atom is 0.342 e. The molecule has 0 heterocycles. The number of phenols is 2. The second-order valence-corrected chi connectivity index (χ2v) is 4.28. The number of esters is 1. The number of halogens is 1. The summed E-state index contributed by atoms with van der Waals surface area (Å²) in [6.07, 6.45) is 0. The lowest BCUT2D eigenvalue weighted by Crippen LogP contribution is -2.05. The summed E-state index contributed by atoms with van der Waals surface area (Å²) in [5.74, 6) is -1.14. The number of ether oxygens (including phenoxy) is 1. The van der Waals surface area contributed by atoms with Gasteiger partial charge in [0.25, 0.3) is 0 Å². The summed E-state index contributed by atoms with van der Waals surface area (Å²) in [4.78, 5) is 11.8. The lowest BCUT2D eigenvalue weighted by atomic mass is 10.2. The summed E-state index contributed by atoms with van der Waals surface area (Å²) >= 11 is 5.93. The average Bonchev–Trinajstić information content (AvgIpc) is 2.37. The second kappa shape index (κ2) is 5.63. The lowest BCUT2D eigenvalue weighted by molar-refractivity contribution is 0.0469. The van der Waals surface area contributed by atoms with Gasteiger partial charge in [0.1, 0.15) is 23.7 Å². The number of carbonyl (C=O) groups excluding carboxylic acids is 1. The van der Waals surface area contributed by atoms with E-state index in [9.17, 15) is 9.90 Å². The van der Waals surface area contributed by atoms with Crippen molar-refractivity contribution in [1.29, 1.82) is 0 Å². The average molecular weight is 279 g/mol. The molecule has 0 saturated heterocycles. The Morgan fingerprint density at radius 1 is 1.16 bits per heavy atom. The molecule has 0 aromatic heterocycles. The standard InChI is InChI=1S/C14H11ClO4/c15-12-4-2-1-3-9(12)8-19-14(18)11-6-5-10(16)7-13(11)17/h1-7,16-17H,8H2. The molecular formula is C14H11ClO4. The van der Waals surface area contributed by atoms with Gasteiger partial charge in [-0.3, -0.25) is 0 Å². The van der Waals surface area contributed by atoms with Crippen molar-refractivity contribution in [3.8, 4) is 11.5 Å². The van der Waals surface area contributed by atoms with E-state index in [1.165, 1.54) is 12.1 Å². The van der Waals surface area contributed by atoms with Crippen LogP contribution in [0, 0.1) is 0 Å². The SMILES string of the molecule is O=C(OCc1ccccc1Cl)c1ccc(O)cc1O. The molecule has 0 bridgehead atoms. The first kappa shape index (κ1) is 13.2. The molecule has 98 valence electrons. The predicted octanol–water partition coefficient (Wildman–Crippen LogP) is 3.11. The van der Waals surface area contributed by atoms with E-state index in [1.54, 1.807) is 24.3 Å². The van der Waals surface area contributed by atoms with Crippen LogP contribution in [0.15, 0.2) is 42.5 Å². The molecule has 0 fully saturated rings. The highest BCUT2D eigenvalue weighted by Gasteiger charge is 2.13. The van der Waals surface area contributed by atoms with E-state index in [2.05, 4.69) is 0 Å². The van der Waals surface area contributed by atoms with Crippen LogP contribution in [0.1, 0.15) is 15.9 Å². The third-order valence-electron chi connectivity index (χ3n) is 2.52. The fourth-order valence-corrected chi connectivity index (χ4v) is 1.72. The van der Waals surface area contributed by atoms with E-state index in [0.29, 0.717) is 10.6 Å². The van der Waals surface area contributed by atoms with Crippen molar-refractivity contribution < 1.29 is 19.7 Å². The molecule has 19 heavy (non-hydrogen) atoms. The van der Waals surface area contributed by atoms with E-state index in [-0.39, 0.29) is 23.7 Å². The van der Waals surface area contributed by atoms with Crippen LogP contribution in [0.3, 0.4) is 0 Å². The Morgan fingerprint density at radius 3 is 2.58 bits per heavy atom. The van der Waals surface area contributed by atoms with Crippen LogP contribution >= 0.6 is 11.6 Å². The van der Waals surface area contributed by atoms with E-state index in [0.717, 1.165) is 6.07 Å². The Labute approximate surface area is 114 Å². The normalized spacial score (nSPS) is 10.2. The summed E-state index contributed by atoms with van der Waals surface area (Å²) < 4.78 is 5.05. The molecule has 2 rings (SSSR count). The molecule has 0 aliphatic heterocycles. The van der Waals surface area contributed by atoms with Gasteiger partial charge in [-0.2, -0.15) is 0 Å². The van der Waals surface area contributed by atoms with Gasteiger partial charge in [-0.25, -0.2) is 4.79 Å². The summed E-state index contributed by atoms with van der Waals surface area (Å²) in [5, 5.41) is 19.2. The molecule has 0 aliphatic rings. The molecule has 4 nitrogen and oxygen atoms in total.